The number of rotatable bonds is 5. The van der Waals surface area contributed by atoms with Crippen LogP contribution in [0.3, 0.4) is 0 Å². The predicted molar refractivity (Wildman–Crippen MR) is 77.4 cm³/mol. The summed E-state index contributed by atoms with van der Waals surface area (Å²) in [5.74, 6) is 0.820. The first kappa shape index (κ1) is 15.2. The van der Waals surface area contributed by atoms with Crippen molar-refractivity contribution in [2.45, 2.75) is 51.1 Å². The Morgan fingerprint density at radius 3 is 2.47 bits per heavy atom. The molecule has 0 aromatic heterocycles. The zero-order valence-electron chi connectivity index (χ0n) is 11.8. The molecular formula is C13H27N3O2S. The average Bonchev–Trinajstić information content (AvgIpc) is 2.86. The molecule has 2 unspecified atom stereocenters. The number of nitrogens with two attached hydrogens (primary N) is 1. The molecule has 1 aliphatic carbocycles. The molecule has 0 aromatic rings. The van der Waals surface area contributed by atoms with Crippen LogP contribution in [0, 0.1) is 5.92 Å². The third-order valence-corrected chi connectivity index (χ3v) is 6.51. The van der Waals surface area contributed by atoms with Gasteiger partial charge in [0.15, 0.2) is 0 Å². The van der Waals surface area contributed by atoms with Gasteiger partial charge in [-0.1, -0.05) is 6.42 Å². The number of nitrogens with one attached hydrogen (secondary N) is 1. The molecule has 1 saturated heterocycles. The summed E-state index contributed by atoms with van der Waals surface area (Å²) in [6, 6.07) is 1.00. The highest BCUT2D eigenvalue weighted by Gasteiger charge is 2.31. The molecule has 112 valence electrons. The molecule has 3 N–H and O–H groups in total. The summed E-state index contributed by atoms with van der Waals surface area (Å²) in [5.41, 5.74) is 5.80. The minimum atomic E-state index is -3.00. The van der Waals surface area contributed by atoms with Crippen molar-refractivity contribution >= 4 is 10.0 Å². The lowest BCUT2D eigenvalue weighted by molar-refractivity contribution is 0.258. The second kappa shape index (κ2) is 6.52. The van der Waals surface area contributed by atoms with Gasteiger partial charge in [0.1, 0.15) is 0 Å². The van der Waals surface area contributed by atoms with E-state index in [9.17, 15) is 8.42 Å². The molecule has 0 spiro atoms. The summed E-state index contributed by atoms with van der Waals surface area (Å²) in [6.07, 6.45) is 5.56. The van der Waals surface area contributed by atoms with Crippen molar-refractivity contribution in [3.8, 4) is 0 Å². The SMILES string of the molecule is CCS(=O)(=O)N1CCC(NC2CCCC2CN)CC1. The molecule has 2 rings (SSSR count). The van der Waals surface area contributed by atoms with Gasteiger partial charge in [-0.15, -0.1) is 0 Å². The van der Waals surface area contributed by atoms with Crippen LogP contribution < -0.4 is 11.1 Å². The molecule has 2 aliphatic rings. The van der Waals surface area contributed by atoms with Gasteiger partial charge in [-0.25, -0.2) is 12.7 Å². The Morgan fingerprint density at radius 2 is 1.89 bits per heavy atom. The molecule has 1 heterocycles. The molecule has 2 fully saturated rings. The quantitative estimate of drug-likeness (QED) is 0.773. The Hall–Kier alpha value is -0.170. The van der Waals surface area contributed by atoms with Crippen molar-refractivity contribution in [3.63, 3.8) is 0 Å². The maximum Gasteiger partial charge on any atom is 0.213 e. The highest BCUT2D eigenvalue weighted by molar-refractivity contribution is 7.89. The van der Waals surface area contributed by atoms with Crippen LogP contribution in [-0.2, 0) is 10.0 Å². The van der Waals surface area contributed by atoms with E-state index in [2.05, 4.69) is 5.32 Å². The van der Waals surface area contributed by atoms with E-state index >= 15 is 0 Å². The van der Waals surface area contributed by atoms with Crippen molar-refractivity contribution in [1.29, 1.82) is 0 Å². The smallest absolute Gasteiger partial charge is 0.213 e. The van der Waals surface area contributed by atoms with E-state index in [-0.39, 0.29) is 5.75 Å². The molecule has 0 radical (unpaired) electrons. The largest absolute Gasteiger partial charge is 0.330 e. The van der Waals surface area contributed by atoms with Crippen LogP contribution in [0.4, 0.5) is 0 Å². The molecule has 6 heteroatoms. The fraction of sp³-hybridized carbons (Fsp3) is 1.00. The summed E-state index contributed by atoms with van der Waals surface area (Å²) in [5, 5.41) is 3.71. The Kier molecular flexibility index (Phi) is 5.22. The van der Waals surface area contributed by atoms with E-state index in [1.807, 2.05) is 0 Å². The predicted octanol–water partition coefficient (Wildman–Crippen LogP) is 0.518. The second-order valence-corrected chi connectivity index (χ2v) is 8.03. The molecule has 19 heavy (non-hydrogen) atoms. The minimum absolute atomic E-state index is 0.211. The van der Waals surface area contributed by atoms with Crippen LogP contribution >= 0.6 is 0 Å². The van der Waals surface area contributed by atoms with Gasteiger partial charge < -0.3 is 11.1 Å². The lowest BCUT2D eigenvalue weighted by Crippen LogP contribution is -2.49. The summed E-state index contributed by atoms with van der Waals surface area (Å²) in [6.45, 7) is 3.80. The van der Waals surface area contributed by atoms with Crippen LogP contribution in [-0.4, -0.2) is 50.2 Å². The maximum atomic E-state index is 11.8. The van der Waals surface area contributed by atoms with Crippen molar-refractivity contribution in [2.24, 2.45) is 11.7 Å². The number of hydrogen-bond acceptors (Lipinski definition) is 4. The molecule has 1 aliphatic heterocycles. The molecule has 5 nitrogen and oxygen atoms in total. The first-order valence-corrected chi connectivity index (χ1v) is 9.11. The van der Waals surface area contributed by atoms with Gasteiger partial charge in [-0.2, -0.15) is 0 Å². The first-order chi connectivity index (χ1) is 9.06. The zero-order valence-corrected chi connectivity index (χ0v) is 12.7. The monoisotopic (exact) mass is 289 g/mol. The van der Waals surface area contributed by atoms with Crippen LogP contribution in [0.5, 0.6) is 0 Å². The fourth-order valence-corrected chi connectivity index (χ4v) is 4.46. The van der Waals surface area contributed by atoms with E-state index < -0.39 is 10.0 Å². The minimum Gasteiger partial charge on any atom is -0.330 e. The topological polar surface area (TPSA) is 75.4 Å². The zero-order chi connectivity index (χ0) is 13.9. The van der Waals surface area contributed by atoms with E-state index in [0.717, 1.165) is 19.4 Å². The highest BCUT2D eigenvalue weighted by Crippen LogP contribution is 2.26. The number of piperidine rings is 1. The number of nitrogens with zero attached hydrogens (tertiary/aromatic N) is 1. The first-order valence-electron chi connectivity index (χ1n) is 7.50. The van der Waals surface area contributed by atoms with Crippen molar-refractivity contribution < 1.29 is 8.42 Å². The average molecular weight is 289 g/mol. The molecule has 1 saturated carbocycles. The Bertz CT molecular complexity index is 377. The van der Waals surface area contributed by atoms with Crippen molar-refractivity contribution in [2.75, 3.05) is 25.4 Å². The van der Waals surface area contributed by atoms with Gasteiger partial charge in [0.2, 0.25) is 10.0 Å². The van der Waals surface area contributed by atoms with Gasteiger partial charge in [0, 0.05) is 25.2 Å². The Labute approximate surface area is 117 Å². The summed E-state index contributed by atoms with van der Waals surface area (Å²) < 4.78 is 25.2. The standard InChI is InChI=1S/C13H27N3O2S/c1-2-19(17,18)16-8-6-12(7-9-16)15-13-5-3-4-11(13)10-14/h11-13,15H,2-10,14H2,1H3. The van der Waals surface area contributed by atoms with Gasteiger partial charge >= 0.3 is 0 Å². The van der Waals surface area contributed by atoms with E-state index in [4.69, 9.17) is 5.73 Å². The normalized spacial score (nSPS) is 30.8. The molecule has 0 bridgehead atoms. The summed E-state index contributed by atoms with van der Waals surface area (Å²) >= 11 is 0. The number of sulfonamides is 1. The van der Waals surface area contributed by atoms with E-state index in [0.29, 0.717) is 31.1 Å². The van der Waals surface area contributed by atoms with Gasteiger partial charge in [0.05, 0.1) is 5.75 Å². The van der Waals surface area contributed by atoms with E-state index in [1.165, 1.54) is 19.3 Å². The Balaban J connectivity index is 1.80. The lowest BCUT2D eigenvalue weighted by Gasteiger charge is -2.34. The van der Waals surface area contributed by atoms with Crippen molar-refractivity contribution in [1.82, 2.24) is 9.62 Å². The summed E-state index contributed by atoms with van der Waals surface area (Å²) in [7, 11) is -3.00. The molecular weight excluding hydrogens is 262 g/mol. The van der Waals surface area contributed by atoms with E-state index in [1.54, 1.807) is 11.2 Å². The Morgan fingerprint density at radius 1 is 1.21 bits per heavy atom. The third kappa shape index (κ3) is 3.68. The van der Waals surface area contributed by atoms with Gasteiger partial charge in [-0.3, -0.25) is 0 Å². The van der Waals surface area contributed by atoms with Crippen LogP contribution in [0.15, 0.2) is 0 Å². The van der Waals surface area contributed by atoms with Crippen LogP contribution in [0.2, 0.25) is 0 Å². The lowest BCUT2D eigenvalue weighted by atomic mass is 10.00. The molecule has 0 amide bonds. The maximum absolute atomic E-state index is 11.8. The highest BCUT2D eigenvalue weighted by atomic mass is 32.2. The van der Waals surface area contributed by atoms with Crippen LogP contribution in [0.25, 0.3) is 0 Å². The fourth-order valence-electron chi connectivity index (χ4n) is 3.32. The summed E-state index contributed by atoms with van der Waals surface area (Å²) in [4.78, 5) is 0. The van der Waals surface area contributed by atoms with Gasteiger partial charge in [-0.05, 0) is 45.1 Å². The molecule has 2 atom stereocenters. The second-order valence-electron chi connectivity index (χ2n) is 5.77. The third-order valence-electron chi connectivity index (χ3n) is 4.62. The molecule has 0 aromatic carbocycles. The van der Waals surface area contributed by atoms with Crippen molar-refractivity contribution in [3.05, 3.63) is 0 Å². The van der Waals surface area contributed by atoms with Crippen LogP contribution in [0.1, 0.15) is 39.0 Å². The van der Waals surface area contributed by atoms with Gasteiger partial charge in [0.25, 0.3) is 0 Å². The number of hydrogen-bond donors (Lipinski definition) is 2.